The summed E-state index contributed by atoms with van der Waals surface area (Å²) in [4.78, 5) is 23.0. The summed E-state index contributed by atoms with van der Waals surface area (Å²) in [5.41, 5.74) is 0. The molecule has 1 amide bonds. The van der Waals surface area contributed by atoms with Gasteiger partial charge in [0.1, 0.15) is 0 Å². The van der Waals surface area contributed by atoms with Crippen molar-refractivity contribution >= 4 is 23.6 Å². The number of hydrogen-bond donors (Lipinski definition) is 2. The molecule has 1 saturated heterocycles. The van der Waals surface area contributed by atoms with Gasteiger partial charge in [-0.3, -0.25) is 14.7 Å². The first-order valence-corrected chi connectivity index (χ1v) is 11.8. The van der Waals surface area contributed by atoms with Gasteiger partial charge in [0.15, 0.2) is 5.96 Å². The smallest absolute Gasteiger partial charge is 0.234 e. The largest absolute Gasteiger partial charge is 0.357 e. The number of benzene rings is 1. The molecule has 1 aromatic rings. The van der Waals surface area contributed by atoms with Crippen LogP contribution in [-0.4, -0.2) is 78.3 Å². The summed E-state index contributed by atoms with van der Waals surface area (Å²) in [5, 5.41) is 6.56. The maximum Gasteiger partial charge on any atom is 0.234 e. The molecular weight excluding hydrogens is 382 g/mol. The Morgan fingerprint density at radius 3 is 2.52 bits per heavy atom. The highest BCUT2D eigenvalue weighted by atomic mass is 32.2. The minimum Gasteiger partial charge on any atom is -0.357 e. The van der Waals surface area contributed by atoms with Crippen molar-refractivity contribution in [2.24, 2.45) is 4.99 Å². The molecule has 2 aliphatic carbocycles. The van der Waals surface area contributed by atoms with E-state index in [0.29, 0.717) is 12.6 Å². The molecule has 1 heterocycles. The molecular formula is C22H33N5OS. The number of carbonyl (C=O) groups is 1. The standard InChI is InChI=1S/C22H33N5OS/c1-2-23-21(24-17-22(10-11-22)29-19-6-4-3-5-7-19)27-14-12-26(13-15-27)16-20(28)25-18-8-9-18/h3-7,18H,2,8-17H2,1H3,(H,23,24)(H,25,28). The Morgan fingerprint density at radius 1 is 1.17 bits per heavy atom. The van der Waals surface area contributed by atoms with Crippen LogP contribution in [-0.2, 0) is 4.79 Å². The third-order valence-electron chi connectivity index (χ3n) is 5.72. The molecule has 0 unspecified atom stereocenters. The van der Waals surface area contributed by atoms with E-state index in [0.717, 1.165) is 58.1 Å². The molecule has 1 aliphatic heterocycles. The van der Waals surface area contributed by atoms with E-state index in [-0.39, 0.29) is 10.7 Å². The van der Waals surface area contributed by atoms with Crippen molar-refractivity contribution in [1.29, 1.82) is 0 Å². The number of rotatable bonds is 8. The summed E-state index contributed by atoms with van der Waals surface area (Å²) in [6, 6.07) is 11.1. The number of aliphatic imine (C=N–C) groups is 1. The number of amides is 1. The van der Waals surface area contributed by atoms with Crippen molar-refractivity contribution in [3.05, 3.63) is 30.3 Å². The van der Waals surface area contributed by atoms with Gasteiger partial charge in [-0.15, -0.1) is 11.8 Å². The number of guanidine groups is 1. The van der Waals surface area contributed by atoms with Crippen LogP contribution in [0.4, 0.5) is 0 Å². The lowest BCUT2D eigenvalue weighted by Crippen LogP contribution is -2.54. The first-order valence-electron chi connectivity index (χ1n) is 10.9. The minimum absolute atomic E-state index is 0.176. The van der Waals surface area contributed by atoms with E-state index in [4.69, 9.17) is 4.99 Å². The zero-order chi connectivity index (χ0) is 20.1. The van der Waals surface area contributed by atoms with Crippen LogP contribution in [0.2, 0.25) is 0 Å². The van der Waals surface area contributed by atoms with Gasteiger partial charge in [0.05, 0.1) is 13.1 Å². The third kappa shape index (κ3) is 6.12. The first-order chi connectivity index (χ1) is 14.2. The number of piperazine rings is 1. The lowest BCUT2D eigenvalue weighted by atomic mass is 10.3. The molecule has 6 nitrogen and oxygen atoms in total. The Balaban J connectivity index is 1.28. The summed E-state index contributed by atoms with van der Waals surface area (Å²) in [6.07, 6.45) is 4.76. The summed E-state index contributed by atoms with van der Waals surface area (Å²) in [5.74, 6) is 1.20. The Labute approximate surface area is 178 Å². The highest BCUT2D eigenvalue weighted by Crippen LogP contribution is 2.51. The normalized spacial score (nSPS) is 21.7. The van der Waals surface area contributed by atoms with Crippen LogP contribution in [0.15, 0.2) is 40.2 Å². The summed E-state index contributed by atoms with van der Waals surface area (Å²) in [6.45, 7) is 8.04. The molecule has 29 heavy (non-hydrogen) atoms. The summed E-state index contributed by atoms with van der Waals surface area (Å²) >= 11 is 1.97. The van der Waals surface area contributed by atoms with Gasteiger partial charge >= 0.3 is 0 Å². The summed E-state index contributed by atoms with van der Waals surface area (Å²) < 4.78 is 0.269. The summed E-state index contributed by atoms with van der Waals surface area (Å²) in [7, 11) is 0. The molecule has 0 spiro atoms. The molecule has 7 heteroatoms. The maximum absolute atomic E-state index is 12.0. The molecule has 4 rings (SSSR count). The lowest BCUT2D eigenvalue weighted by molar-refractivity contribution is -0.122. The maximum atomic E-state index is 12.0. The van der Waals surface area contributed by atoms with Crippen LogP contribution >= 0.6 is 11.8 Å². The molecule has 2 saturated carbocycles. The van der Waals surface area contributed by atoms with Crippen molar-refractivity contribution in [1.82, 2.24) is 20.4 Å². The average Bonchev–Trinajstić information content (AvgIpc) is 3.65. The van der Waals surface area contributed by atoms with Gasteiger partial charge in [-0.05, 0) is 44.7 Å². The van der Waals surface area contributed by atoms with E-state index in [1.807, 2.05) is 11.8 Å². The fourth-order valence-electron chi connectivity index (χ4n) is 3.64. The molecule has 2 N–H and O–H groups in total. The van der Waals surface area contributed by atoms with Gasteiger partial charge in [0.25, 0.3) is 0 Å². The fourth-order valence-corrected chi connectivity index (χ4v) is 4.87. The minimum atomic E-state index is 0.176. The molecule has 0 aromatic heterocycles. The Bertz CT molecular complexity index is 709. The first kappa shape index (κ1) is 20.5. The molecule has 0 bridgehead atoms. The van der Waals surface area contributed by atoms with Crippen molar-refractivity contribution in [2.45, 2.75) is 48.3 Å². The molecule has 0 atom stereocenters. The topological polar surface area (TPSA) is 60.0 Å². The monoisotopic (exact) mass is 415 g/mol. The van der Waals surface area contributed by atoms with Gasteiger partial charge in [-0.25, -0.2) is 0 Å². The van der Waals surface area contributed by atoms with Gasteiger partial charge in [0, 0.05) is 48.4 Å². The van der Waals surface area contributed by atoms with Gasteiger partial charge < -0.3 is 15.5 Å². The predicted octanol–water partition coefficient (Wildman–Crippen LogP) is 2.17. The average molecular weight is 416 g/mol. The van der Waals surface area contributed by atoms with Crippen molar-refractivity contribution in [3.63, 3.8) is 0 Å². The number of nitrogens with zero attached hydrogens (tertiary/aromatic N) is 3. The Morgan fingerprint density at radius 2 is 1.90 bits per heavy atom. The number of nitrogens with one attached hydrogen (secondary N) is 2. The van der Waals surface area contributed by atoms with E-state index in [1.165, 1.54) is 17.7 Å². The van der Waals surface area contributed by atoms with Crippen molar-refractivity contribution in [3.8, 4) is 0 Å². The van der Waals surface area contributed by atoms with E-state index >= 15 is 0 Å². The van der Waals surface area contributed by atoms with E-state index in [2.05, 4.69) is 57.7 Å². The molecule has 3 aliphatic rings. The van der Waals surface area contributed by atoms with E-state index < -0.39 is 0 Å². The molecule has 0 radical (unpaired) electrons. The number of thioether (sulfide) groups is 1. The van der Waals surface area contributed by atoms with Crippen LogP contribution in [0.5, 0.6) is 0 Å². The number of hydrogen-bond acceptors (Lipinski definition) is 4. The van der Waals surface area contributed by atoms with Gasteiger partial charge in [-0.1, -0.05) is 18.2 Å². The quantitative estimate of drug-likeness (QED) is 0.503. The Kier molecular flexibility index (Phi) is 6.65. The van der Waals surface area contributed by atoms with Crippen LogP contribution in [0.25, 0.3) is 0 Å². The van der Waals surface area contributed by atoms with E-state index in [1.54, 1.807) is 0 Å². The predicted molar refractivity (Wildman–Crippen MR) is 119 cm³/mol. The lowest BCUT2D eigenvalue weighted by Gasteiger charge is -2.36. The SMILES string of the molecule is CCNC(=NCC1(Sc2ccccc2)CC1)N1CCN(CC(=O)NC2CC2)CC1. The third-order valence-corrected chi connectivity index (χ3v) is 7.20. The zero-order valence-electron chi connectivity index (χ0n) is 17.4. The van der Waals surface area contributed by atoms with Crippen molar-refractivity contribution in [2.75, 3.05) is 45.8 Å². The molecule has 158 valence electrons. The number of carbonyl (C=O) groups excluding carboxylic acids is 1. The van der Waals surface area contributed by atoms with Crippen LogP contribution in [0.3, 0.4) is 0 Å². The second kappa shape index (κ2) is 9.39. The second-order valence-electron chi connectivity index (χ2n) is 8.37. The fraction of sp³-hybridized carbons (Fsp3) is 0.636. The van der Waals surface area contributed by atoms with Gasteiger partial charge in [-0.2, -0.15) is 0 Å². The zero-order valence-corrected chi connectivity index (χ0v) is 18.2. The molecule has 1 aromatic carbocycles. The van der Waals surface area contributed by atoms with Crippen LogP contribution < -0.4 is 10.6 Å². The second-order valence-corrected chi connectivity index (χ2v) is 9.91. The molecule has 3 fully saturated rings. The van der Waals surface area contributed by atoms with Crippen LogP contribution in [0, 0.1) is 0 Å². The highest BCUT2D eigenvalue weighted by molar-refractivity contribution is 8.01. The highest BCUT2D eigenvalue weighted by Gasteiger charge is 2.43. The Hall–Kier alpha value is -1.73. The van der Waals surface area contributed by atoms with Crippen molar-refractivity contribution < 1.29 is 4.79 Å². The van der Waals surface area contributed by atoms with Crippen LogP contribution in [0.1, 0.15) is 32.6 Å². The van der Waals surface area contributed by atoms with Gasteiger partial charge in [0.2, 0.25) is 5.91 Å². The van der Waals surface area contributed by atoms with E-state index in [9.17, 15) is 4.79 Å².